The van der Waals surface area contributed by atoms with Crippen LogP contribution < -0.4 is 5.32 Å². The number of hydrogen-bond acceptors (Lipinski definition) is 3. The molecule has 1 aliphatic carbocycles. The zero-order valence-corrected chi connectivity index (χ0v) is 16.6. The van der Waals surface area contributed by atoms with Gasteiger partial charge < -0.3 is 5.32 Å². The van der Waals surface area contributed by atoms with Crippen molar-refractivity contribution in [2.45, 2.75) is 57.2 Å². The maximum Gasteiger partial charge on any atom is 0.224 e. The highest BCUT2D eigenvalue weighted by Gasteiger charge is 2.33. The van der Waals surface area contributed by atoms with Crippen LogP contribution in [0.4, 0.5) is 4.39 Å². The second kappa shape index (κ2) is 8.46. The van der Waals surface area contributed by atoms with E-state index in [0.717, 1.165) is 64.7 Å². The average Bonchev–Trinajstić information content (AvgIpc) is 3.49. The molecule has 2 aliphatic heterocycles. The Hall–Kier alpha value is -1.17. The average molecular weight is 394 g/mol. The summed E-state index contributed by atoms with van der Waals surface area (Å²) in [6, 6.07) is 5.87. The number of benzene rings is 1. The van der Waals surface area contributed by atoms with Crippen LogP contribution in [0.5, 0.6) is 0 Å². The second-order valence-electron chi connectivity index (χ2n) is 8.32. The Bertz CT molecular complexity index is 653. The van der Waals surface area contributed by atoms with Crippen molar-refractivity contribution in [1.82, 2.24) is 15.1 Å². The van der Waals surface area contributed by atoms with Gasteiger partial charge in [-0.15, -0.1) is 0 Å². The summed E-state index contributed by atoms with van der Waals surface area (Å²) >= 11 is 6.17. The third-order valence-electron chi connectivity index (χ3n) is 6.26. The van der Waals surface area contributed by atoms with E-state index in [1.165, 1.54) is 6.07 Å². The van der Waals surface area contributed by atoms with E-state index in [2.05, 4.69) is 15.1 Å². The normalized spacial score (nSPS) is 25.5. The second-order valence-corrected chi connectivity index (χ2v) is 8.73. The third kappa shape index (κ3) is 4.82. The van der Waals surface area contributed by atoms with Gasteiger partial charge >= 0.3 is 0 Å². The topological polar surface area (TPSA) is 35.6 Å². The van der Waals surface area contributed by atoms with Crippen molar-refractivity contribution in [2.24, 2.45) is 5.92 Å². The third-order valence-corrected chi connectivity index (χ3v) is 6.62. The minimum atomic E-state index is -0.217. The van der Waals surface area contributed by atoms with Crippen LogP contribution in [-0.4, -0.2) is 54.0 Å². The first-order valence-electron chi connectivity index (χ1n) is 10.3. The number of nitrogens with one attached hydrogen (secondary N) is 1. The Balaban J connectivity index is 1.27. The first kappa shape index (κ1) is 19.2. The fraction of sp³-hybridized carbons (Fsp3) is 0.667. The Labute approximate surface area is 166 Å². The van der Waals surface area contributed by atoms with Gasteiger partial charge in [-0.25, -0.2) is 4.39 Å². The largest absolute Gasteiger partial charge is 0.353 e. The van der Waals surface area contributed by atoms with E-state index < -0.39 is 0 Å². The first-order valence-corrected chi connectivity index (χ1v) is 10.7. The molecule has 0 spiro atoms. The van der Waals surface area contributed by atoms with Crippen LogP contribution in [0.15, 0.2) is 18.2 Å². The van der Waals surface area contributed by atoms with Crippen LogP contribution >= 0.6 is 11.6 Å². The van der Waals surface area contributed by atoms with Crippen molar-refractivity contribution in [1.29, 1.82) is 0 Å². The summed E-state index contributed by atoms with van der Waals surface area (Å²) in [5.41, 5.74) is 0.604. The molecule has 3 fully saturated rings. The molecule has 148 valence electrons. The molecule has 1 N–H and O–H groups in total. The highest BCUT2D eigenvalue weighted by atomic mass is 35.5. The molecule has 0 radical (unpaired) electrons. The summed E-state index contributed by atoms with van der Waals surface area (Å²) in [7, 11) is 0. The van der Waals surface area contributed by atoms with Gasteiger partial charge in [0.15, 0.2) is 0 Å². The SMILES string of the molecule is O=C(NC1CC1)C1CCCN(C2CCN(Cc3c(F)cccc3Cl)CC2)C1. The van der Waals surface area contributed by atoms with Crippen molar-refractivity contribution >= 4 is 17.5 Å². The number of amides is 1. The Morgan fingerprint density at radius 2 is 1.93 bits per heavy atom. The number of nitrogens with zero attached hydrogens (tertiary/aromatic N) is 2. The van der Waals surface area contributed by atoms with Crippen LogP contribution in [0.25, 0.3) is 0 Å². The molecule has 1 amide bonds. The van der Waals surface area contributed by atoms with Gasteiger partial charge in [-0.3, -0.25) is 14.6 Å². The van der Waals surface area contributed by atoms with E-state index in [1.807, 2.05) is 0 Å². The number of carbonyl (C=O) groups excluding carboxylic acids is 1. The van der Waals surface area contributed by atoms with Gasteiger partial charge in [0.25, 0.3) is 0 Å². The van der Waals surface area contributed by atoms with Gasteiger partial charge in [-0.1, -0.05) is 17.7 Å². The number of halogens is 2. The van der Waals surface area contributed by atoms with Crippen LogP contribution in [-0.2, 0) is 11.3 Å². The highest BCUT2D eigenvalue weighted by Crippen LogP contribution is 2.27. The lowest BCUT2D eigenvalue weighted by Gasteiger charge is -2.42. The van der Waals surface area contributed by atoms with Crippen LogP contribution in [0, 0.1) is 11.7 Å². The van der Waals surface area contributed by atoms with Gasteiger partial charge in [0.2, 0.25) is 5.91 Å². The van der Waals surface area contributed by atoms with Crippen molar-refractivity contribution in [3.05, 3.63) is 34.6 Å². The van der Waals surface area contributed by atoms with Crippen LogP contribution in [0.2, 0.25) is 5.02 Å². The summed E-state index contributed by atoms with van der Waals surface area (Å²) in [4.78, 5) is 17.2. The molecule has 1 unspecified atom stereocenters. The Morgan fingerprint density at radius 3 is 2.63 bits per heavy atom. The lowest BCUT2D eigenvalue weighted by Crippen LogP contribution is -2.50. The minimum absolute atomic E-state index is 0.148. The van der Waals surface area contributed by atoms with Gasteiger partial charge in [0.1, 0.15) is 5.82 Å². The molecule has 1 atom stereocenters. The Morgan fingerprint density at radius 1 is 1.15 bits per heavy atom. The molecule has 6 heteroatoms. The molecule has 4 nitrogen and oxygen atoms in total. The fourth-order valence-corrected chi connectivity index (χ4v) is 4.67. The van der Waals surface area contributed by atoms with Crippen molar-refractivity contribution in [3.8, 4) is 0 Å². The molecular weight excluding hydrogens is 365 g/mol. The van der Waals surface area contributed by atoms with E-state index in [9.17, 15) is 9.18 Å². The standard InChI is InChI=1S/C21H29ClFN3O/c22-19-4-1-5-20(23)18(19)14-25-11-8-17(9-12-25)26-10-2-3-15(13-26)21(27)24-16-6-7-16/h1,4-5,15-17H,2-3,6-14H2,(H,24,27). The quantitative estimate of drug-likeness (QED) is 0.832. The number of carbonyl (C=O) groups is 1. The van der Waals surface area contributed by atoms with Gasteiger partial charge in [0, 0.05) is 35.8 Å². The van der Waals surface area contributed by atoms with E-state index >= 15 is 0 Å². The van der Waals surface area contributed by atoms with E-state index in [-0.39, 0.29) is 17.6 Å². The lowest BCUT2D eigenvalue weighted by atomic mass is 9.93. The molecular formula is C21H29ClFN3O. The van der Waals surface area contributed by atoms with Crippen molar-refractivity contribution in [3.63, 3.8) is 0 Å². The fourth-order valence-electron chi connectivity index (χ4n) is 4.45. The zero-order valence-electron chi connectivity index (χ0n) is 15.8. The predicted molar refractivity (Wildman–Crippen MR) is 105 cm³/mol. The smallest absolute Gasteiger partial charge is 0.224 e. The van der Waals surface area contributed by atoms with Gasteiger partial charge in [-0.05, 0) is 70.3 Å². The number of piperidine rings is 2. The Kier molecular flexibility index (Phi) is 6.00. The van der Waals surface area contributed by atoms with E-state index in [4.69, 9.17) is 11.6 Å². The summed E-state index contributed by atoms with van der Waals surface area (Å²) in [5, 5.41) is 3.68. The number of rotatable bonds is 5. The molecule has 1 saturated carbocycles. The lowest BCUT2D eigenvalue weighted by molar-refractivity contribution is -0.127. The van der Waals surface area contributed by atoms with Gasteiger partial charge in [-0.2, -0.15) is 0 Å². The van der Waals surface area contributed by atoms with Crippen LogP contribution in [0.1, 0.15) is 44.1 Å². The predicted octanol–water partition coefficient (Wildman–Crippen LogP) is 3.43. The maximum atomic E-state index is 14.0. The summed E-state index contributed by atoms with van der Waals surface area (Å²) < 4.78 is 14.0. The molecule has 1 aromatic carbocycles. The zero-order chi connectivity index (χ0) is 18.8. The first-order chi connectivity index (χ1) is 13.1. The molecule has 2 saturated heterocycles. The van der Waals surface area contributed by atoms with E-state index in [1.54, 1.807) is 12.1 Å². The molecule has 4 rings (SSSR count). The molecule has 1 aromatic rings. The minimum Gasteiger partial charge on any atom is -0.353 e. The molecule has 0 aromatic heterocycles. The van der Waals surface area contributed by atoms with E-state index in [0.29, 0.717) is 29.2 Å². The summed E-state index contributed by atoms with van der Waals surface area (Å²) in [5.74, 6) is 0.189. The highest BCUT2D eigenvalue weighted by molar-refractivity contribution is 6.31. The van der Waals surface area contributed by atoms with Crippen molar-refractivity contribution < 1.29 is 9.18 Å². The summed E-state index contributed by atoms with van der Waals surface area (Å²) in [6.07, 6.45) is 6.55. The van der Waals surface area contributed by atoms with Gasteiger partial charge in [0.05, 0.1) is 5.92 Å². The van der Waals surface area contributed by atoms with Crippen LogP contribution in [0.3, 0.4) is 0 Å². The number of hydrogen-bond donors (Lipinski definition) is 1. The monoisotopic (exact) mass is 393 g/mol. The molecule has 3 aliphatic rings. The summed E-state index contributed by atoms with van der Waals surface area (Å²) in [6.45, 7) is 4.46. The molecule has 2 heterocycles. The van der Waals surface area contributed by atoms with Crippen molar-refractivity contribution in [2.75, 3.05) is 26.2 Å². The maximum absolute atomic E-state index is 14.0. The molecule has 0 bridgehead atoms. The molecule has 27 heavy (non-hydrogen) atoms. The number of likely N-dealkylation sites (tertiary alicyclic amines) is 2.